The molecule has 0 fully saturated rings. The van der Waals surface area contributed by atoms with Crippen LogP contribution in [0.4, 0.5) is 0 Å². The average Bonchev–Trinajstić information content (AvgIpc) is 3.36. The van der Waals surface area contributed by atoms with Gasteiger partial charge in [-0.1, -0.05) is 54.3 Å². The van der Waals surface area contributed by atoms with E-state index in [1.165, 1.54) is 10.8 Å². The summed E-state index contributed by atoms with van der Waals surface area (Å²) in [6, 6.07) is 39.6. The van der Waals surface area contributed by atoms with Gasteiger partial charge in [-0.3, -0.25) is 0 Å². The highest BCUT2D eigenvalue weighted by molar-refractivity contribution is 6.11. The molecule has 3 nitrogen and oxygen atoms in total. The summed E-state index contributed by atoms with van der Waals surface area (Å²) in [4.78, 5) is 0. The van der Waals surface area contributed by atoms with Crippen molar-refractivity contribution in [3.8, 4) is 40.3 Å². The van der Waals surface area contributed by atoms with Crippen LogP contribution >= 0.6 is 0 Å². The summed E-state index contributed by atoms with van der Waals surface area (Å²) < 4.78 is 13.0. The molecule has 37 heavy (non-hydrogen) atoms. The molecule has 0 aliphatic carbocycles. The highest BCUT2D eigenvalue weighted by atomic mass is 16.5. The van der Waals surface area contributed by atoms with Gasteiger partial charge in [0.05, 0.1) is 25.4 Å². The van der Waals surface area contributed by atoms with E-state index < -0.39 is 0 Å². The molecule has 0 saturated heterocycles. The quantitative estimate of drug-likeness (QED) is 0.240. The largest absolute Gasteiger partial charge is 0.497 e. The van der Waals surface area contributed by atoms with Gasteiger partial charge in [0.2, 0.25) is 0 Å². The van der Waals surface area contributed by atoms with Crippen LogP contribution in [0.15, 0.2) is 115 Å². The number of para-hydroxylation sites is 1. The first-order valence-corrected chi connectivity index (χ1v) is 12.2. The molecular weight excluding hydrogens is 454 g/mol. The number of nitrogens with zero attached hydrogens (tertiary/aromatic N) is 1. The second kappa shape index (κ2) is 9.60. The van der Waals surface area contributed by atoms with Crippen molar-refractivity contribution < 1.29 is 9.47 Å². The molecular formula is C34H25NO2. The fraction of sp³-hybridized carbons (Fsp3) is 0.0588. The molecule has 6 aromatic rings. The van der Waals surface area contributed by atoms with Crippen molar-refractivity contribution in [1.29, 1.82) is 0 Å². The maximum Gasteiger partial charge on any atom is 0.118 e. The lowest BCUT2D eigenvalue weighted by molar-refractivity contribution is 0.414. The summed E-state index contributed by atoms with van der Waals surface area (Å²) in [6.45, 7) is 0. The van der Waals surface area contributed by atoms with Crippen LogP contribution in [0.25, 0.3) is 38.6 Å². The third-order valence-corrected chi connectivity index (χ3v) is 6.66. The summed E-state index contributed by atoms with van der Waals surface area (Å²) in [5.74, 6) is 8.47. The number of benzene rings is 5. The van der Waals surface area contributed by atoms with Gasteiger partial charge < -0.3 is 14.0 Å². The summed E-state index contributed by atoms with van der Waals surface area (Å²) in [6.07, 6.45) is 0. The fourth-order valence-corrected chi connectivity index (χ4v) is 4.80. The third kappa shape index (κ3) is 4.20. The first-order chi connectivity index (χ1) is 18.2. The Bertz CT molecular complexity index is 1770. The molecule has 0 amide bonds. The van der Waals surface area contributed by atoms with Crippen LogP contribution in [0.3, 0.4) is 0 Å². The highest BCUT2D eigenvalue weighted by Crippen LogP contribution is 2.37. The number of ether oxygens (including phenoxy) is 2. The van der Waals surface area contributed by atoms with Gasteiger partial charge in [-0.15, -0.1) is 0 Å². The second-order valence-corrected chi connectivity index (χ2v) is 8.81. The normalized spacial score (nSPS) is 10.8. The number of methoxy groups -OCH3 is 2. The predicted octanol–water partition coefficient (Wildman–Crippen LogP) is 7.87. The highest BCUT2D eigenvalue weighted by Gasteiger charge is 2.16. The van der Waals surface area contributed by atoms with Gasteiger partial charge in [0.15, 0.2) is 0 Å². The molecule has 0 radical (unpaired) electrons. The third-order valence-electron chi connectivity index (χ3n) is 6.66. The minimum Gasteiger partial charge on any atom is -0.497 e. The van der Waals surface area contributed by atoms with Crippen LogP contribution in [0.5, 0.6) is 11.5 Å². The van der Waals surface area contributed by atoms with Gasteiger partial charge in [-0.05, 0) is 89.1 Å². The number of rotatable bonds is 4. The molecule has 0 N–H and O–H groups in total. The molecule has 0 aliphatic rings. The van der Waals surface area contributed by atoms with Crippen molar-refractivity contribution in [3.05, 3.63) is 126 Å². The number of hydrogen-bond acceptors (Lipinski definition) is 2. The number of aromatic nitrogens is 1. The van der Waals surface area contributed by atoms with Crippen molar-refractivity contribution in [1.82, 2.24) is 4.57 Å². The Morgan fingerprint density at radius 1 is 0.568 bits per heavy atom. The minimum atomic E-state index is 0.823. The zero-order valence-electron chi connectivity index (χ0n) is 20.7. The second-order valence-electron chi connectivity index (χ2n) is 8.81. The molecule has 1 heterocycles. The predicted molar refractivity (Wildman–Crippen MR) is 152 cm³/mol. The fourth-order valence-electron chi connectivity index (χ4n) is 4.80. The zero-order valence-corrected chi connectivity index (χ0v) is 20.7. The van der Waals surface area contributed by atoms with Crippen LogP contribution in [-0.2, 0) is 0 Å². The maximum atomic E-state index is 5.40. The molecule has 6 rings (SSSR count). The molecule has 3 heteroatoms. The van der Waals surface area contributed by atoms with Crippen LogP contribution in [0.1, 0.15) is 11.1 Å². The first kappa shape index (κ1) is 22.5. The molecule has 0 spiro atoms. The van der Waals surface area contributed by atoms with E-state index in [9.17, 15) is 0 Å². The SMILES string of the molecule is COc1ccc(C#Cc2cc3c(cc(-c4ccc(OC)cc4)n3-c3ccccc3)c3ccccc23)cc1. The van der Waals surface area contributed by atoms with Gasteiger partial charge in [0, 0.05) is 22.2 Å². The lowest BCUT2D eigenvalue weighted by Gasteiger charge is -2.12. The monoisotopic (exact) mass is 479 g/mol. The van der Waals surface area contributed by atoms with Gasteiger partial charge in [0.25, 0.3) is 0 Å². The maximum absolute atomic E-state index is 5.40. The van der Waals surface area contributed by atoms with E-state index in [0.717, 1.165) is 50.5 Å². The summed E-state index contributed by atoms with van der Waals surface area (Å²) >= 11 is 0. The minimum absolute atomic E-state index is 0.823. The molecule has 0 unspecified atom stereocenters. The van der Waals surface area contributed by atoms with Crippen molar-refractivity contribution in [2.75, 3.05) is 14.2 Å². The van der Waals surface area contributed by atoms with Crippen molar-refractivity contribution >= 4 is 21.7 Å². The van der Waals surface area contributed by atoms with Crippen LogP contribution in [0, 0.1) is 11.8 Å². The van der Waals surface area contributed by atoms with E-state index in [1.54, 1.807) is 14.2 Å². The van der Waals surface area contributed by atoms with E-state index in [0.29, 0.717) is 0 Å². The summed E-state index contributed by atoms with van der Waals surface area (Å²) in [7, 11) is 3.36. The van der Waals surface area contributed by atoms with Crippen molar-refractivity contribution in [3.63, 3.8) is 0 Å². The Balaban J connectivity index is 1.62. The van der Waals surface area contributed by atoms with Crippen molar-refractivity contribution in [2.24, 2.45) is 0 Å². The van der Waals surface area contributed by atoms with E-state index in [4.69, 9.17) is 9.47 Å². The molecule has 0 bridgehead atoms. The Morgan fingerprint density at radius 3 is 1.86 bits per heavy atom. The van der Waals surface area contributed by atoms with E-state index >= 15 is 0 Å². The lowest BCUT2D eigenvalue weighted by Crippen LogP contribution is -1.97. The Labute approximate surface area is 216 Å². The molecule has 1 aromatic heterocycles. The lowest BCUT2D eigenvalue weighted by atomic mass is 10.0. The van der Waals surface area contributed by atoms with E-state index in [-0.39, 0.29) is 0 Å². The Morgan fingerprint density at radius 2 is 1.19 bits per heavy atom. The summed E-state index contributed by atoms with van der Waals surface area (Å²) in [5, 5.41) is 3.52. The van der Waals surface area contributed by atoms with Gasteiger partial charge >= 0.3 is 0 Å². The standard InChI is InChI=1S/C34H25NO2/c1-36-28-18-13-24(14-19-28)12-15-26-22-34-32(31-11-7-6-10-30(26)31)23-33(25-16-20-29(37-2)21-17-25)35(34)27-8-4-3-5-9-27/h3-11,13-14,16-23H,1-2H3. The molecule has 0 aliphatic heterocycles. The molecule has 0 atom stereocenters. The molecule has 0 saturated carbocycles. The number of hydrogen-bond donors (Lipinski definition) is 0. The van der Waals surface area contributed by atoms with Crippen LogP contribution in [-0.4, -0.2) is 18.8 Å². The van der Waals surface area contributed by atoms with Crippen LogP contribution < -0.4 is 9.47 Å². The Kier molecular flexibility index (Phi) is 5.84. The van der Waals surface area contributed by atoms with Gasteiger partial charge in [0.1, 0.15) is 11.5 Å². The zero-order chi connectivity index (χ0) is 25.2. The van der Waals surface area contributed by atoms with Crippen molar-refractivity contribution in [2.45, 2.75) is 0 Å². The first-order valence-electron chi connectivity index (χ1n) is 12.2. The van der Waals surface area contributed by atoms with E-state index in [1.807, 2.05) is 42.5 Å². The smallest absolute Gasteiger partial charge is 0.118 e. The molecule has 178 valence electrons. The topological polar surface area (TPSA) is 23.4 Å². The average molecular weight is 480 g/mol. The summed E-state index contributed by atoms with van der Waals surface area (Å²) in [5.41, 5.74) is 6.41. The molecule has 5 aromatic carbocycles. The van der Waals surface area contributed by atoms with Gasteiger partial charge in [-0.2, -0.15) is 0 Å². The Hall–Kier alpha value is -4.94. The van der Waals surface area contributed by atoms with E-state index in [2.05, 4.69) is 89.2 Å². The number of fused-ring (bicyclic) bond motifs is 3. The van der Waals surface area contributed by atoms with Crippen LogP contribution in [0.2, 0.25) is 0 Å². The van der Waals surface area contributed by atoms with Gasteiger partial charge in [-0.25, -0.2) is 0 Å².